The third kappa shape index (κ3) is 3.64. The molecule has 6 nitrogen and oxygen atoms in total. The van der Waals surface area contributed by atoms with Crippen LogP contribution in [0.1, 0.15) is 40.9 Å². The maximum atomic E-state index is 13.2. The summed E-state index contributed by atoms with van der Waals surface area (Å²) < 4.78 is 6.48. The molecule has 3 heterocycles. The minimum atomic E-state index is -0.558. The van der Waals surface area contributed by atoms with E-state index in [1.807, 2.05) is 49.4 Å². The molecule has 1 aromatic heterocycles. The zero-order chi connectivity index (χ0) is 21.4. The standard InChI is InChI=1S/C25H22N4O2/c1-17-8-10-27-24(28-17)29-11-3-9-25(16-29)14-22(30)21-13-20(6-7-23(21)31-25)19-5-2-4-18(12-19)15-26/h2,4-8,10,12-13H,3,9,11,14,16H2,1H3. The molecule has 1 fully saturated rings. The monoisotopic (exact) mass is 410 g/mol. The Morgan fingerprint density at radius 3 is 2.87 bits per heavy atom. The summed E-state index contributed by atoms with van der Waals surface area (Å²) >= 11 is 0. The van der Waals surface area contributed by atoms with Gasteiger partial charge in [0.2, 0.25) is 5.95 Å². The minimum absolute atomic E-state index is 0.0894. The van der Waals surface area contributed by atoms with Gasteiger partial charge in [-0.2, -0.15) is 5.26 Å². The first-order valence-corrected chi connectivity index (χ1v) is 10.5. The summed E-state index contributed by atoms with van der Waals surface area (Å²) in [6.45, 7) is 3.39. The number of aryl methyl sites for hydroxylation is 1. The molecule has 2 aromatic carbocycles. The lowest BCUT2D eigenvalue weighted by atomic mass is 9.83. The van der Waals surface area contributed by atoms with Crippen molar-refractivity contribution < 1.29 is 9.53 Å². The Bertz CT molecular complexity index is 1220. The number of benzene rings is 2. The van der Waals surface area contributed by atoms with E-state index in [9.17, 15) is 4.79 Å². The third-order valence-corrected chi connectivity index (χ3v) is 6.02. The number of ether oxygens (including phenoxy) is 1. The van der Waals surface area contributed by atoms with Crippen molar-refractivity contribution in [2.24, 2.45) is 0 Å². The van der Waals surface area contributed by atoms with E-state index in [0.29, 0.717) is 35.8 Å². The first-order chi connectivity index (χ1) is 15.0. The van der Waals surface area contributed by atoms with Crippen molar-refractivity contribution in [3.63, 3.8) is 0 Å². The minimum Gasteiger partial charge on any atom is -0.484 e. The molecule has 0 amide bonds. The Labute approximate surface area is 181 Å². The summed E-state index contributed by atoms with van der Waals surface area (Å²) in [7, 11) is 0. The molecule has 0 bridgehead atoms. The molecule has 31 heavy (non-hydrogen) atoms. The van der Waals surface area contributed by atoms with Gasteiger partial charge in [0.1, 0.15) is 11.4 Å². The van der Waals surface area contributed by atoms with Crippen LogP contribution < -0.4 is 9.64 Å². The topological polar surface area (TPSA) is 79.1 Å². The van der Waals surface area contributed by atoms with Crippen molar-refractivity contribution in [2.45, 2.75) is 31.8 Å². The van der Waals surface area contributed by atoms with Gasteiger partial charge in [0.05, 0.1) is 30.2 Å². The Hall–Kier alpha value is -3.72. The Morgan fingerprint density at radius 1 is 1.16 bits per heavy atom. The number of carbonyl (C=O) groups is 1. The van der Waals surface area contributed by atoms with Crippen LogP contribution in [0.25, 0.3) is 11.1 Å². The highest BCUT2D eigenvalue weighted by Crippen LogP contribution is 2.40. The number of hydrogen-bond acceptors (Lipinski definition) is 6. The van der Waals surface area contributed by atoms with Gasteiger partial charge in [0.15, 0.2) is 5.78 Å². The molecule has 1 unspecified atom stereocenters. The number of ketones is 1. The van der Waals surface area contributed by atoms with Crippen LogP contribution in [0.5, 0.6) is 5.75 Å². The number of fused-ring (bicyclic) bond motifs is 1. The van der Waals surface area contributed by atoms with Crippen LogP contribution >= 0.6 is 0 Å². The fraction of sp³-hybridized carbons (Fsp3) is 0.280. The average Bonchev–Trinajstić information content (AvgIpc) is 2.79. The van der Waals surface area contributed by atoms with Crippen molar-refractivity contribution >= 4 is 11.7 Å². The third-order valence-electron chi connectivity index (χ3n) is 6.02. The van der Waals surface area contributed by atoms with Crippen LogP contribution in [0.3, 0.4) is 0 Å². The number of nitriles is 1. The van der Waals surface area contributed by atoms with Crippen LogP contribution in [0.15, 0.2) is 54.7 Å². The quantitative estimate of drug-likeness (QED) is 0.626. The predicted octanol–water partition coefficient (Wildman–Crippen LogP) is 4.33. The van der Waals surface area contributed by atoms with E-state index >= 15 is 0 Å². The number of hydrogen-bond donors (Lipinski definition) is 0. The molecule has 0 saturated carbocycles. The van der Waals surface area contributed by atoms with E-state index in [0.717, 1.165) is 36.2 Å². The first kappa shape index (κ1) is 19.3. The van der Waals surface area contributed by atoms with E-state index in [4.69, 9.17) is 10.00 Å². The van der Waals surface area contributed by atoms with Gasteiger partial charge in [-0.05, 0) is 61.2 Å². The zero-order valence-electron chi connectivity index (χ0n) is 17.3. The van der Waals surface area contributed by atoms with Crippen LogP contribution in [0, 0.1) is 18.3 Å². The second-order valence-electron chi connectivity index (χ2n) is 8.31. The number of carbonyl (C=O) groups excluding carboxylic acids is 1. The number of Topliss-reactive ketones (excluding diaryl/α,β-unsaturated/α-hetero) is 1. The predicted molar refractivity (Wildman–Crippen MR) is 117 cm³/mol. The number of piperidine rings is 1. The normalized spacial score (nSPS) is 20.1. The lowest BCUT2D eigenvalue weighted by molar-refractivity contribution is 0.0301. The summed E-state index contributed by atoms with van der Waals surface area (Å²) in [5, 5.41) is 9.17. The second kappa shape index (κ2) is 7.51. The molecule has 1 atom stereocenters. The molecule has 3 aromatic rings. The van der Waals surface area contributed by atoms with Crippen molar-refractivity contribution in [1.29, 1.82) is 5.26 Å². The second-order valence-corrected chi connectivity index (χ2v) is 8.31. The maximum absolute atomic E-state index is 13.2. The van der Waals surface area contributed by atoms with Crippen LogP contribution in [0.4, 0.5) is 5.95 Å². The Balaban J connectivity index is 1.44. The molecule has 1 spiro atoms. The van der Waals surface area contributed by atoms with E-state index in [2.05, 4.69) is 20.9 Å². The first-order valence-electron chi connectivity index (χ1n) is 10.5. The van der Waals surface area contributed by atoms with Gasteiger partial charge in [0, 0.05) is 18.4 Å². The highest BCUT2D eigenvalue weighted by Gasteiger charge is 2.44. The molecule has 0 N–H and O–H groups in total. The smallest absolute Gasteiger partial charge is 0.225 e. The number of rotatable bonds is 2. The van der Waals surface area contributed by atoms with Crippen LogP contribution in [0.2, 0.25) is 0 Å². The van der Waals surface area contributed by atoms with E-state index < -0.39 is 5.60 Å². The summed E-state index contributed by atoms with van der Waals surface area (Å²) in [5.41, 5.74) is 3.38. The van der Waals surface area contributed by atoms with Gasteiger partial charge in [-0.1, -0.05) is 18.2 Å². The fourth-order valence-electron chi connectivity index (χ4n) is 4.53. The molecule has 0 radical (unpaired) electrons. The van der Waals surface area contributed by atoms with Gasteiger partial charge in [-0.3, -0.25) is 4.79 Å². The molecule has 6 heteroatoms. The molecule has 2 aliphatic rings. The average molecular weight is 410 g/mol. The lowest BCUT2D eigenvalue weighted by Crippen LogP contribution is -2.55. The van der Waals surface area contributed by atoms with Gasteiger partial charge >= 0.3 is 0 Å². The lowest BCUT2D eigenvalue weighted by Gasteiger charge is -2.44. The Kier molecular flexibility index (Phi) is 4.67. The van der Waals surface area contributed by atoms with Gasteiger partial charge in [-0.25, -0.2) is 9.97 Å². The zero-order valence-corrected chi connectivity index (χ0v) is 17.3. The van der Waals surface area contributed by atoms with Crippen molar-refractivity contribution in [1.82, 2.24) is 9.97 Å². The van der Waals surface area contributed by atoms with Crippen molar-refractivity contribution in [2.75, 3.05) is 18.0 Å². The van der Waals surface area contributed by atoms with E-state index in [1.165, 1.54) is 0 Å². The summed E-state index contributed by atoms with van der Waals surface area (Å²) in [6.07, 6.45) is 3.85. The maximum Gasteiger partial charge on any atom is 0.225 e. The SMILES string of the molecule is Cc1ccnc(N2CCCC3(CC(=O)c4cc(-c5cccc(C#N)c5)ccc4O3)C2)n1. The molecular formula is C25H22N4O2. The Morgan fingerprint density at radius 2 is 2.03 bits per heavy atom. The van der Waals surface area contributed by atoms with Crippen LogP contribution in [-0.4, -0.2) is 34.4 Å². The number of nitrogens with zero attached hydrogens (tertiary/aromatic N) is 4. The number of anilines is 1. The molecule has 154 valence electrons. The molecule has 0 aliphatic carbocycles. The molecular weight excluding hydrogens is 388 g/mol. The largest absolute Gasteiger partial charge is 0.484 e. The van der Waals surface area contributed by atoms with Crippen molar-refractivity contribution in [3.8, 4) is 22.9 Å². The molecule has 1 saturated heterocycles. The molecule has 2 aliphatic heterocycles. The number of aromatic nitrogens is 2. The van der Waals surface area contributed by atoms with Crippen molar-refractivity contribution in [3.05, 3.63) is 71.5 Å². The fourth-order valence-corrected chi connectivity index (χ4v) is 4.53. The summed E-state index contributed by atoms with van der Waals surface area (Å²) in [5.74, 6) is 1.41. The van der Waals surface area contributed by atoms with E-state index in [-0.39, 0.29) is 5.78 Å². The van der Waals surface area contributed by atoms with Gasteiger partial charge in [0.25, 0.3) is 0 Å². The van der Waals surface area contributed by atoms with Crippen LogP contribution in [-0.2, 0) is 0 Å². The molecule has 5 rings (SSSR count). The summed E-state index contributed by atoms with van der Waals surface area (Å²) in [4.78, 5) is 24.3. The highest BCUT2D eigenvalue weighted by atomic mass is 16.5. The van der Waals surface area contributed by atoms with Gasteiger partial charge in [-0.15, -0.1) is 0 Å². The summed E-state index contributed by atoms with van der Waals surface area (Å²) in [6, 6.07) is 17.1. The van der Waals surface area contributed by atoms with Gasteiger partial charge < -0.3 is 9.64 Å². The van der Waals surface area contributed by atoms with E-state index in [1.54, 1.807) is 12.3 Å². The highest BCUT2D eigenvalue weighted by molar-refractivity contribution is 6.01.